The van der Waals surface area contributed by atoms with Crippen LogP contribution in [0.4, 0.5) is 15.9 Å². The molecule has 0 saturated heterocycles. The Morgan fingerprint density at radius 3 is 3.00 bits per heavy atom. The van der Waals surface area contributed by atoms with E-state index in [0.717, 1.165) is 17.1 Å². The summed E-state index contributed by atoms with van der Waals surface area (Å²) < 4.78 is 20.4. The lowest BCUT2D eigenvalue weighted by atomic mass is 10.1. The molecule has 2 aliphatic rings. The molecule has 34 heavy (non-hydrogen) atoms. The quantitative estimate of drug-likeness (QED) is 0.636. The first-order valence-corrected chi connectivity index (χ1v) is 11.4. The number of carbonyl (C=O) groups excluding carboxylic acids is 1. The number of nitrogens with one attached hydrogen (secondary N) is 2. The van der Waals surface area contributed by atoms with E-state index in [1.165, 1.54) is 6.08 Å². The van der Waals surface area contributed by atoms with Crippen LogP contribution in [0.1, 0.15) is 35.2 Å². The monoisotopic (exact) mass is 464 g/mol. The van der Waals surface area contributed by atoms with Gasteiger partial charge >= 0.3 is 0 Å². The highest BCUT2D eigenvalue weighted by atomic mass is 19.1. The average Bonchev–Trinajstić information content (AvgIpc) is 2.83. The number of aryl methyl sites for hydroxylation is 1. The van der Waals surface area contributed by atoms with Crippen LogP contribution in [0, 0.1) is 6.92 Å². The van der Waals surface area contributed by atoms with Crippen LogP contribution in [0.3, 0.4) is 0 Å². The first-order chi connectivity index (χ1) is 16.5. The number of nitrogens with zero attached hydrogens (tertiary/aromatic N) is 2. The molecule has 0 fully saturated rings. The summed E-state index contributed by atoms with van der Waals surface area (Å²) in [6.45, 7) is 3.57. The van der Waals surface area contributed by atoms with Crippen LogP contribution >= 0.6 is 0 Å². The van der Waals surface area contributed by atoms with Crippen LogP contribution in [-0.4, -0.2) is 41.8 Å². The molecule has 0 saturated carbocycles. The largest absolute Gasteiger partial charge is 0.489 e. The van der Waals surface area contributed by atoms with Crippen molar-refractivity contribution in [1.29, 1.82) is 0 Å². The standard InChI is InChI=1S/C26H29FN4O3/c1-18-7-10-24(29-17-18)31-14-15-34-25-22(5-2-6-23(25)31)26(33)30-20-4-3-12-28-13-11-21(32)9-8-19(27)16-20/h2-7,10,12,16-17,21,28,32H,8-9,11,13-15H2,1H3,(H,30,33)/b12-3+,19-16+,20-4+. The third-order valence-corrected chi connectivity index (χ3v) is 5.66. The van der Waals surface area contributed by atoms with Crippen molar-refractivity contribution in [2.24, 2.45) is 0 Å². The van der Waals surface area contributed by atoms with Gasteiger partial charge in [0.05, 0.1) is 23.9 Å². The molecular formula is C26H29FN4O3. The average molecular weight is 465 g/mol. The third-order valence-electron chi connectivity index (χ3n) is 5.66. The molecule has 1 amide bonds. The molecule has 1 unspecified atom stereocenters. The number of para-hydroxylation sites is 1. The van der Waals surface area contributed by atoms with Crippen molar-refractivity contribution in [2.45, 2.75) is 32.3 Å². The highest BCUT2D eigenvalue weighted by Crippen LogP contribution is 2.38. The Morgan fingerprint density at radius 1 is 1.29 bits per heavy atom. The Balaban J connectivity index is 1.59. The van der Waals surface area contributed by atoms with Crippen LogP contribution < -0.4 is 20.3 Å². The number of allylic oxidation sites excluding steroid dienone is 4. The van der Waals surface area contributed by atoms with Crippen LogP contribution in [-0.2, 0) is 0 Å². The molecule has 0 bridgehead atoms. The number of aliphatic hydroxyl groups is 1. The van der Waals surface area contributed by atoms with Gasteiger partial charge in [0.25, 0.3) is 5.91 Å². The summed E-state index contributed by atoms with van der Waals surface area (Å²) in [4.78, 5) is 19.7. The lowest BCUT2D eigenvalue weighted by Crippen LogP contribution is -2.31. The number of benzene rings is 1. The zero-order valence-corrected chi connectivity index (χ0v) is 19.1. The van der Waals surface area contributed by atoms with E-state index in [9.17, 15) is 14.3 Å². The van der Waals surface area contributed by atoms with Gasteiger partial charge in [-0.2, -0.15) is 0 Å². The van der Waals surface area contributed by atoms with Gasteiger partial charge in [-0.15, -0.1) is 0 Å². The van der Waals surface area contributed by atoms with Crippen molar-refractivity contribution in [3.05, 3.63) is 83.6 Å². The van der Waals surface area contributed by atoms with E-state index in [-0.39, 0.29) is 6.42 Å². The number of amides is 1. The van der Waals surface area contributed by atoms with Crippen molar-refractivity contribution in [3.63, 3.8) is 0 Å². The van der Waals surface area contributed by atoms with E-state index in [0.29, 0.717) is 49.5 Å². The van der Waals surface area contributed by atoms with Gasteiger partial charge in [0.2, 0.25) is 0 Å². The number of rotatable bonds is 3. The summed E-state index contributed by atoms with van der Waals surface area (Å²) in [5.74, 6) is 0.432. The molecule has 1 aromatic carbocycles. The zero-order chi connectivity index (χ0) is 23.9. The zero-order valence-electron chi connectivity index (χ0n) is 19.1. The molecule has 3 N–H and O–H groups in total. The molecule has 7 nitrogen and oxygen atoms in total. The molecule has 0 radical (unpaired) electrons. The summed E-state index contributed by atoms with van der Waals surface area (Å²) in [6.07, 6.45) is 8.48. The second-order valence-electron chi connectivity index (χ2n) is 8.31. The van der Waals surface area contributed by atoms with E-state index in [1.807, 2.05) is 30.0 Å². The first kappa shape index (κ1) is 23.5. The van der Waals surface area contributed by atoms with Crippen molar-refractivity contribution in [3.8, 4) is 5.75 Å². The minimum absolute atomic E-state index is 0.0977. The van der Waals surface area contributed by atoms with Crippen LogP contribution in [0.5, 0.6) is 5.75 Å². The SMILES string of the molecule is Cc1ccc(N2CCOc3c(C(=O)NC4=C/C=C/NCCC(O)CC/C(F)=C\4)cccc32)nc1. The molecule has 178 valence electrons. The number of hydrogen-bond acceptors (Lipinski definition) is 6. The molecule has 1 aromatic heterocycles. The number of ether oxygens (including phenoxy) is 1. The number of hydrogen-bond donors (Lipinski definition) is 3. The predicted molar refractivity (Wildman–Crippen MR) is 130 cm³/mol. The first-order valence-electron chi connectivity index (χ1n) is 11.4. The second kappa shape index (κ2) is 11.0. The van der Waals surface area contributed by atoms with Crippen LogP contribution in [0.2, 0.25) is 0 Å². The van der Waals surface area contributed by atoms with Gasteiger partial charge in [-0.05, 0) is 68.0 Å². The Hall–Kier alpha value is -3.65. The Bertz CT molecular complexity index is 1110. The lowest BCUT2D eigenvalue weighted by molar-refractivity contribution is 0.0962. The molecule has 0 aliphatic carbocycles. The van der Waals surface area contributed by atoms with Gasteiger partial charge in [0.1, 0.15) is 18.3 Å². The smallest absolute Gasteiger partial charge is 0.259 e. The van der Waals surface area contributed by atoms with E-state index in [2.05, 4.69) is 15.6 Å². The fourth-order valence-corrected chi connectivity index (χ4v) is 3.85. The molecule has 3 heterocycles. The van der Waals surface area contributed by atoms with Gasteiger partial charge in [0, 0.05) is 24.9 Å². The van der Waals surface area contributed by atoms with Crippen LogP contribution in [0.25, 0.3) is 0 Å². The van der Waals surface area contributed by atoms with Crippen molar-refractivity contribution in [1.82, 2.24) is 15.6 Å². The van der Waals surface area contributed by atoms with Gasteiger partial charge in [-0.1, -0.05) is 12.1 Å². The van der Waals surface area contributed by atoms with E-state index >= 15 is 0 Å². The number of halogens is 1. The molecule has 2 aliphatic heterocycles. The Kier molecular flexibility index (Phi) is 7.59. The third kappa shape index (κ3) is 5.82. The lowest BCUT2D eigenvalue weighted by Gasteiger charge is -2.31. The number of carbonyl (C=O) groups is 1. The number of aliphatic hydroxyl groups excluding tert-OH is 1. The topological polar surface area (TPSA) is 86.7 Å². The highest BCUT2D eigenvalue weighted by molar-refractivity contribution is 6.00. The summed E-state index contributed by atoms with van der Waals surface area (Å²) in [5, 5.41) is 15.8. The van der Waals surface area contributed by atoms with Crippen LogP contribution in [0.15, 0.2) is 72.5 Å². The fourth-order valence-electron chi connectivity index (χ4n) is 3.85. The maximum absolute atomic E-state index is 14.5. The number of aromatic nitrogens is 1. The fraction of sp³-hybridized carbons (Fsp3) is 0.308. The van der Waals surface area contributed by atoms with E-state index in [4.69, 9.17) is 4.74 Å². The molecule has 2 aromatic rings. The van der Waals surface area contributed by atoms with E-state index < -0.39 is 17.8 Å². The highest BCUT2D eigenvalue weighted by Gasteiger charge is 2.25. The predicted octanol–water partition coefficient (Wildman–Crippen LogP) is 4.04. The Labute approximate surface area is 198 Å². The van der Waals surface area contributed by atoms with Gasteiger partial charge in [0.15, 0.2) is 5.75 Å². The minimum Gasteiger partial charge on any atom is -0.489 e. The molecular weight excluding hydrogens is 435 g/mol. The minimum atomic E-state index is -0.583. The van der Waals surface area contributed by atoms with Gasteiger partial charge < -0.3 is 25.4 Å². The maximum Gasteiger partial charge on any atom is 0.259 e. The Morgan fingerprint density at radius 2 is 2.18 bits per heavy atom. The maximum atomic E-state index is 14.5. The normalized spacial score (nSPS) is 22.8. The van der Waals surface area contributed by atoms with E-state index in [1.54, 1.807) is 36.7 Å². The second-order valence-corrected chi connectivity index (χ2v) is 8.31. The van der Waals surface area contributed by atoms with Gasteiger partial charge in [-0.25, -0.2) is 9.37 Å². The van der Waals surface area contributed by atoms with Crippen molar-refractivity contribution in [2.75, 3.05) is 24.6 Å². The molecule has 0 spiro atoms. The summed E-state index contributed by atoms with van der Waals surface area (Å²) in [7, 11) is 0. The molecule has 8 heteroatoms. The number of pyridine rings is 1. The summed E-state index contributed by atoms with van der Waals surface area (Å²) in [6, 6.07) is 9.30. The molecule has 4 rings (SSSR count). The number of fused-ring (bicyclic) bond motifs is 1. The van der Waals surface area contributed by atoms with Crippen molar-refractivity contribution >= 4 is 17.4 Å². The summed E-state index contributed by atoms with van der Waals surface area (Å²) in [5.41, 5.74) is 2.48. The number of anilines is 2. The molecule has 1 atom stereocenters. The summed E-state index contributed by atoms with van der Waals surface area (Å²) >= 11 is 0. The van der Waals surface area contributed by atoms with Gasteiger partial charge in [-0.3, -0.25) is 4.79 Å². The van der Waals surface area contributed by atoms with Crippen molar-refractivity contribution < 1.29 is 19.0 Å².